The average molecular weight is 297 g/mol. The van der Waals surface area contributed by atoms with Crippen molar-refractivity contribution in [1.29, 1.82) is 0 Å². The van der Waals surface area contributed by atoms with Crippen molar-refractivity contribution >= 4 is 5.91 Å². The van der Waals surface area contributed by atoms with Gasteiger partial charge in [-0.3, -0.25) is 4.79 Å². The summed E-state index contributed by atoms with van der Waals surface area (Å²) in [4.78, 5) is 12.0. The minimum Gasteiger partial charge on any atom is -0.496 e. The first-order valence-corrected chi connectivity index (χ1v) is 7.55. The summed E-state index contributed by atoms with van der Waals surface area (Å²) >= 11 is 0. The Balaban J connectivity index is 1.84. The molecule has 0 aromatic heterocycles. The van der Waals surface area contributed by atoms with E-state index in [1.54, 1.807) is 7.11 Å². The van der Waals surface area contributed by atoms with Crippen molar-refractivity contribution in [3.05, 3.63) is 64.7 Å². The van der Waals surface area contributed by atoms with Gasteiger partial charge in [-0.2, -0.15) is 0 Å². The highest BCUT2D eigenvalue weighted by atomic mass is 16.5. The molecular formula is C19H23NO2. The summed E-state index contributed by atoms with van der Waals surface area (Å²) in [7, 11) is 1.64. The molecule has 0 radical (unpaired) electrons. The van der Waals surface area contributed by atoms with Crippen LogP contribution in [0, 0.1) is 13.8 Å². The SMILES string of the molecule is COc1ccccc1CNC(=O)CCc1ccc(C)c(C)c1. The molecule has 3 nitrogen and oxygen atoms in total. The molecule has 2 aromatic carbocycles. The quantitative estimate of drug-likeness (QED) is 0.885. The van der Waals surface area contributed by atoms with Gasteiger partial charge in [0.1, 0.15) is 5.75 Å². The number of carbonyl (C=O) groups is 1. The maximum atomic E-state index is 12.0. The normalized spacial score (nSPS) is 10.3. The average Bonchev–Trinajstić information content (AvgIpc) is 2.54. The van der Waals surface area contributed by atoms with Crippen LogP contribution in [0.3, 0.4) is 0 Å². The molecule has 2 rings (SSSR count). The fourth-order valence-corrected chi connectivity index (χ4v) is 2.35. The van der Waals surface area contributed by atoms with Crippen LogP contribution >= 0.6 is 0 Å². The summed E-state index contributed by atoms with van der Waals surface area (Å²) in [6, 6.07) is 14.1. The van der Waals surface area contributed by atoms with Crippen LogP contribution < -0.4 is 10.1 Å². The lowest BCUT2D eigenvalue weighted by Crippen LogP contribution is -2.23. The second-order valence-corrected chi connectivity index (χ2v) is 5.51. The Morgan fingerprint density at radius 3 is 2.59 bits per heavy atom. The molecule has 0 saturated carbocycles. The molecule has 116 valence electrons. The van der Waals surface area contributed by atoms with E-state index >= 15 is 0 Å². The number of carbonyl (C=O) groups excluding carboxylic acids is 1. The number of aryl methyl sites for hydroxylation is 3. The van der Waals surface area contributed by atoms with Gasteiger partial charge in [-0.25, -0.2) is 0 Å². The van der Waals surface area contributed by atoms with E-state index in [4.69, 9.17) is 4.74 Å². The first-order valence-electron chi connectivity index (χ1n) is 7.55. The van der Waals surface area contributed by atoms with Crippen molar-refractivity contribution in [2.75, 3.05) is 7.11 Å². The Hall–Kier alpha value is -2.29. The summed E-state index contributed by atoms with van der Waals surface area (Å²) < 4.78 is 5.28. The molecule has 3 heteroatoms. The van der Waals surface area contributed by atoms with Crippen molar-refractivity contribution in [3.63, 3.8) is 0 Å². The van der Waals surface area contributed by atoms with Crippen LogP contribution in [-0.4, -0.2) is 13.0 Å². The van der Waals surface area contributed by atoms with Gasteiger partial charge in [-0.15, -0.1) is 0 Å². The number of hydrogen-bond donors (Lipinski definition) is 1. The summed E-state index contributed by atoms with van der Waals surface area (Å²) in [5, 5.41) is 2.95. The zero-order valence-corrected chi connectivity index (χ0v) is 13.5. The first kappa shape index (κ1) is 16.1. The van der Waals surface area contributed by atoms with E-state index in [0.29, 0.717) is 13.0 Å². The Labute approximate surface area is 132 Å². The minimum absolute atomic E-state index is 0.0594. The lowest BCUT2D eigenvalue weighted by molar-refractivity contribution is -0.121. The fraction of sp³-hybridized carbons (Fsp3) is 0.316. The van der Waals surface area contributed by atoms with Crippen LogP contribution in [0.1, 0.15) is 28.7 Å². The van der Waals surface area contributed by atoms with Gasteiger partial charge in [0.05, 0.1) is 7.11 Å². The number of rotatable bonds is 6. The zero-order chi connectivity index (χ0) is 15.9. The third-order valence-corrected chi connectivity index (χ3v) is 3.88. The van der Waals surface area contributed by atoms with Gasteiger partial charge in [-0.05, 0) is 43.0 Å². The monoisotopic (exact) mass is 297 g/mol. The Morgan fingerprint density at radius 2 is 1.86 bits per heavy atom. The molecule has 0 fully saturated rings. The summed E-state index contributed by atoms with van der Waals surface area (Å²) in [6.45, 7) is 4.69. The number of ether oxygens (including phenoxy) is 1. The molecule has 0 bridgehead atoms. The maximum Gasteiger partial charge on any atom is 0.220 e. The Morgan fingerprint density at radius 1 is 1.09 bits per heavy atom. The molecule has 22 heavy (non-hydrogen) atoms. The Kier molecular flexibility index (Phi) is 5.59. The maximum absolute atomic E-state index is 12.0. The van der Waals surface area contributed by atoms with Gasteiger partial charge in [0, 0.05) is 18.5 Å². The summed E-state index contributed by atoms with van der Waals surface area (Å²) in [5.74, 6) is 0.862. The van der Waals surface area contributed by atoms with E-state index in [0.717, 1.165) is 17.7 Å². The van der Waals surface area contributed by atoms with E-state index in [1.165, 1.54) is 16.7 Å². The highest BCUT2D eigenvalue weighted by Gasteiger charge is 2.06. The molecule has 1 N–H and O–H groups in total. The minimum atomic E-state index is 0.0594. The smallest absolute Gasteiger partial charge is 0.220 e. The zero-order valence-electron chi connectivity index (χ0n) is 13.5. The van der Waals surface area contributed by atoms with Crippen molar-refractivity contribution < 1.29 is 9.53 Å². The molecule has 0 heterocycles. The van der Waals surface area contributed by atoms with Gasteiger partial charge in [0.25, 0.3) is 0 Å². The Bertz CT molecular complexity index is 650. The number of benzene rings is 2. The molecular weight excluding hydrogens is 274 g/mol. The molecule has 0 aliphatic heterocycles. The number of methoxy groups -OCH3 is 1. The topological polar surface area (TPSA) is 38.3 Å². The van der Waals surface area contributed by atoms with Crippen LogP contribution in [0.15, 0.2) is 42.5 Å². The van der Waals surface area contributed by atoms with E-state index in [2.05, 4.69) is 37.4 Å². The molecule has 1 amide bonds. The molecule has 2 aromatic rings. The number of para-hydroxylation sites is 1. The van der Waals surface area contributed by atoms with Gasteiger partial charge in [0.15, 0.2) is 0 Å². The molecule has 0 aliphatic carbocycles. The second kappa shape index (κ2) is 7.64. The molecule has 0 unspecified atom stereocenters. The predicted molar refractivity (Wildman–Crippen MR) is 89.1 cm³/mol. The molecule has 0 aliphatic rings. The van der Waals surface area contributed by atoms with Crippen LogP contribution in [0.5, 0.6) is 5.75 Å². The lowest BCUT2D eigenvalue weighted by atomic mass is 10.0. The van der Waals surface area contributed by atoms with Crippen molar-refractivity contribution in [1.82, 2.24) is 5.32 Å². The van der Waals surface area contributed by atoms with Gasteiger partial charge in [-0.1, -0.05) is 36.4 Å². The molecule has 0 saturated heterocycles. The van der Waals surface area contributed by atoms with E-state index in [1.807, 2.05) is 24.3 Å². The van der Waals surface area contributed by atoms with E-state index in [9.17, 15) is 4.79 Å². The number of amides is 1. The third kappa shape index (κ3) is 4.35. The van der Waals surface area contributed by atoms with Crippen LogP contribution in [0.4, 0.5) is 0 Å². The number of nitrogens with one attached hydrogen (secondary N) is 1. The van der Waals surface area contributed by atoms with E-state index in [-0.39, 0.29) is 5.91 Å². The summed E-state index contributed by atoms with van der Waals surface area (Å²) in [5.41, 5.74) is 4.75. The first-order chi connectivity index (χ1) is 10.6. The van der Waals surface area contributed by atoms with Crippen molar-refractivity contribution in [2.45, 2.75) is 33.2 Å². The summed E-state index contributed by atoms with van der Waals surface area (Å²) in [6.07, 6.45) is 1.26. The highest BCUT2D eigenvalue weighted by Crippen LogP contribution is 2.17. The van der Waals surface area contributed by atoms with E-state index < -0.39 is 0 Å². The van der Waals surface area contributed by atoms with Crippen molar-refractivity contribution in [2.24, 2.45) is 0 Å². The van der Waals surface area contributed by atoms with Gasteiger partial charge < -0.3 is 10.1 Å². The number of hydrogen-bond acceptors (Lipinski definition) is 2. The molecule has 0 atom stereocenters. The van der Waals surface area contributed by atoms with Crippen LogP contribution in [-0.2, 0) is 17.8 Å². The second-order valence-electron chi connectivity index (χ2n) is 5.51. The van der Waals surface area contributed by atoms with Gasteiger partial charge >= 0.3 is 0 Å². The fourth-order valence-electron chi connectivity index (χ4n) is 2.35. The van der Waals surface area contributed by atoms with Crippen LogP contribution in [0.2, 0.25) is 0 Å². The standard InChI is InChI=1S/C19H23NO2/c1-14-8-9-16(12-15(14)2)10-11-19(21)20-13-17-6-4-5-7-18(17)22-3/h4-9,12H,10-11,13H2,1-3H3,(H,20,21). The van der Waals surface area contributed by atoms with Gasteiger partial charge in [0.2, 0.25) is 5.91 Å². The highest BCUT2D eigenvalue weighted by molar-refractivity contribution is 5.76. The molecule has 0 spiro atoms. The van der Waals surface area contributed by atoms with Crippen LogP contribution in [0.25, 0.3) is 0 Å². The third-order valence-electron chi connectivity index (χ3n) is 3.88. The van der Waals surface area contributed by atoms with Crippen molar-refractivity contribution in [3.8, 4) is 5.75 Å². The lowest BCUT2D eigenvalue weighted by Gasteiger charge is -2.10. The predicted octanol–water partition coefficient (Wildman–Crippen LogP) is 3.56. The largest absolute Gasteiger partial charge is 0.496 e.